The van der Waals surface area contributed by atoms with Crippen LogP contribution in [0.4, 0.5) is 8.78 Å². The second kappa shape index (κ2) is 9.24. The number of amides is 1. The normalized spacial score (nSPS) is 11.2. The molecule has 0 radical (unpaired) electrons. The topological polar surface area (TPSA) is 84.5 Å². The molecule has 0 bridgehead atoms. The summed E-state index contributed by atoms with van der Waals surface area (Å²) in [7, 11) is -3.87. The van der Waals surface area contributed by atoms with Crippen molar-refractivity contribution in [3.05, 3.63) is 72.3 Å². The van der Waals surface area contributed by atoms with E-state index in [1.165, 1.54) is 54.6 Å². The molecule has 2 rings (SSSR count). The van der Waals surface area contributed by atoms with Crippen LogP contribution in [0, 0.1) is 0 Å². The van der Waals surface area contributed by atoms with Gasteiger partial charge in [0.2, 0.25) is 10.0 Å². The van der Waals surface area contributed by atoms with Gasteiger partial charge in [0.05, 0.1) is 4.90 Å². The third-order valence-electron chi connectivity index (χ3n) is 3.43. The standard InChI is InChI=1S/C18H18F2N2O4S/c1-2-10-21-17(23)14-4-3-5-16(11-14)27(24,25)22-12-13-6-8-15(9-7-13)26-18(19)20/h2-9,11,18,22H,1,10,12H2,(H,21,23). The summed E-state index contributed by atoms with van der Waals surface area (Å²) in [5.41, 5.74) is 0.758. The first kappa shape index (κ1) is 20.5. The largest absolute Gasteiger partial charge is 0.435 e. The molecule has 0 heterocycles. The average Bonchev–Trinajstić information content (AvgIpc) is 2.65. The zero-order chi connectivity index (χ0) is 19.9. The molecule has 0 aliphatic rings. The number of ether oxygens (including phenoxy) is 1. The van der Waals surface area contributed by atoms with Crippen molar-refractivity contribution in [3.8, 4) is 5.75 Å². The molecule has 27 heavy (non-hydrogen) atoms. The molecule has 2 N–H and O–H groups in total. The molecule has 0 atom stereocenters. The van der Waals surface area contributed by atoms with Gasteiger partial charge < -0.3 is 10.1 Å². The van der Waals surface area contributed by atoms with E-state index >= 15 is 0 Å². The number of halogens is 2. The highest BCUT2D eigenvalue weighted by atomic mass is 32.2. The molecular formula is C18H18F2N2O4S. The van der Waals surface area contributed by atoms with Gasteiger partial charge in [-0.05, 0) is 35.9 Å². The highest BCUT2D eigenvalue weighted by molar-refractivity contribution is 7.89. The van der Waals surface area contributed by atoms with Crippen molar-refractivity contribution in [1.82, 2.24) is 10.0 Å². The van der Waals surface area contributed by atoms with Crippen molar-refractivity contribution < 1.29 is 26.7 Å². The van der Waals surface area contributed by atoms with E-state index in [4.69, 9.17) is 0 Å². The number of nitrogens with one attached hydrogen (secondary N) is 2. The lowest BCUT2D eigenvalue weighted by Crippen LogP contribution is -2.25. The predicted octanol–water partition coefficient (Wildman–Crippen LogP) is 2.68. The van der Waals surface area contributed by atoms with Crippen molar-refractivity contribution in [1.29, 1.82) is 0 Å². The lowest BCUT2D eigenvalue weighted by molar-refractivity contribution is -0.0498. The van der Waals surface area contributed by atoms with Crippen molar-refractivity contribution >= 4 is 15.9 Å². The Kier molecular flexibility index (Phi) is 7.03. The maximum Gasteiger partial charge on any atom is 0.387 e. The molecule has 2 aromatic carbocycles. The molecule has 1 amide bonds. The van der Waals surface area contributed by atoms with Crippen LogP contribution in [-0.2, 0) is 16.6 Å². The fourth-order valence-electron chi connectivity index (χ4n) is 2.12. The molecule has 9 heteroatoms. The van der Waals surface area contributed by atoms with Crippen LogP contribution in [0.1, 0.15) is 15.9 Å². The number of hydrogen-bond acceptors (Lipinski definition) is 4. The quantitative estimate of drug-likeness (QED) is 0.639. The highest BCUT2D eigenvalue weighted by Gasteiger charge is 2.16. The summed E-state index contributed by atoms with van der Waals surface area (Å²) in [6.07, 6.45) is 1.51. The van der Waals surface area contributed by atoms with Crippen LogP contribution in [0.15, 0.2) is 66.1 Å². The van der Waals surface area contributed by atoms with E-state index in [9.17, 15) is 22.0 Å². The molecule has 0 aromatic heterocycles. The number of hydrogen-bond donors (Lipinski definition) is 2. The van der Waals surface area contributed by atoms with Crippen LogP contribution in [0.25, 0.3) is 0 Å². The highest BCUT2D eigenvalue weighted by Crippen LogP contribution is 2.16. The smallest absolute Gasteiger partial charge is 0.387 e. The second-order valence-corrected chi connectivity index (χ2v) is 7.14. The zero-order valence-corrected chi connectivity index (χ0v) is 15.0. The number of benzene rings is 2. The van der Waals surface area contributed by atoms with E-state index in [1.807, 2.05) is 0 Å². The Morgan fingerprint density at radius 1 is 1.19 bits per heavy atom. The molecular weight excluding hydrogens is 378 g/mol. The Morgan fingerprint density at radius 3 is 2.52 bits per heavy atom. The molecule has 0 aliphatic carbocycles. The summed E-state index contributed by atoms with van der Waals surface area (Å²) < 4.78 is 55.7. The average molecular weight is 396 g/mol. The molecule has 0 saturated heterocycles. The maximum atomic E-state index is 12.4. The summed E-state index contributed by atoms with van der Waals surface area (Å²) >= 11 is 0. The van der Waals surface area contributed by atoms with Crippen LogP contribution >= 0.6 is 0 Å². The van der Waals surface area contributed by atoms with Gasteiger partial charge in [-0.15, -0.1) is 6.58 Å². The van der Waals surface area contributed by atoms with Gasteiger partial charge in [-0.3, -0.25) is 4.79 Å². The summed E-state index contributed by atoms with van der Waals surface area (Å²) in [6.45, 7) is 0.776. The molecule has 6 nitrogen and oxygen atoms in total. The lowest BCUT2D eigenvalue weighted by Gasteiger charge is -2.09. The molecule has 144 valence electrons. The Hall–Kier alpha value is -2.78. The Morgan fingerprint density at radius 2 is 1.89 bits per heavy atom. The van der Waals surface area contributed by atoms with E-state index in [0.29, 0.717) is 5.56 Å². The number of sulfonamides is 1. The molecule has 2 aromatic rings. The Bertz CT molecular complexity index is 900. The van der Waals surface area contributed by atoms with E-state index in [0.717, 1.165) is 0 Å². The van der Waals surface area contributed by atoms with E-state index in [-0.39, 0.29) is 29.3 Å². The fourth-order valence-corrected chi connectivity index (χ4v) is 3.19. The lowest BCUT2D eigenvalue weighted by atomic mass is 10.2. The van der Waals surface area contributed by atoms with E-state index in [2.05, 4.69) is 21.4 Å². The van der Waals surface area contributed by atoms with Gasteiger partial charge in [0.1, 0.15) is 5.75 Å². The molecule has 0 spiro atoms. The summed E-state index contributed by atoms with van der Waals surface area (Å²) in [4.78, 5) is 11.9. The van der Waals surface area contributed by atoms with Crippen LogP contribution in [0.3, 0.4) is 0 Å². The van der Waals surface area contributed by atoms with E-state index < -0.39 is 22.5 Å². The number of rotatable bonds is 9. The SMILES string of the molecule is C=CCNC(=O)c1cccc(S(=O)(=O)NCc2ccc(OC(F)F)cc2)c1. The minimum atomic E-state index is -3.87. The first-order valence-corrected chi connectivity index (χ1v) is 9.33. The van der Waals surface area contributed by atoms with Crippen molar-refractivity contribution in [2.24, 2.45) is 0 Å². The second-order valence-electron chi connectivity index (χ2n) is 5.37. The first-order chi connectivity index (χ1) is 12.8. The van der Waals surface area contributed by atoms with Gasteiger partial charge in [0.15, 0.2) is 0 Å². The third kappa shape index (κ3) is 6.15. The zero-order valence-electron chi connectivity index (χ0n) is 14.2. The van der Waals surface area contributed by atoms with Gasteiger partial charge in [-0.25, -0.2) is 13.1 Å². The first-order valence-electron chi connectivity index (χ1n) is 7.84. The Labute approximate surface area is 155 Å². The minimum Gasteiger partial charge on any atom is -0.435 e. The van der Waals surface area contributed by atoms with Crippen LogP contribution < -0.4 is 14.8 Å². The maximum absolute atomic E-state index is 12.4. The minimum absolute atomic E-state index is 0.0187. The van der Waals surface area contributed by atoms with Crippen molar-refractivity contribution in [2.45, 2.75) is 18.1 Å². The van der Waals surface area contributed by atoms with Crippen LogP contribution in [0.5, 0.6) is 5.75 Å². The van der Waals surface area contributed by atoms with Gasteiger partial charge in [0.25, 0.3) is 5.91 Å². The van der Waals surface area contributed by atoms with Crippen molar-refractivity contribution in [2.75, 3.05) is 6.54 Å². The third-order valence-corrected chi connectivity index (χ3v) is 4.83. The number of carbonyl (C=O) groups is 1. The molecule has 0 fully saturated rings. The van der Waals surface area contributed by atoms with Gasteiger partial charge in [-0.2, -0.15) is 8.78 Å². The van der Waals surface area contributed by atoms with E-state index in [1.54, 1.807) is 0 Å². The molecule has 0 aliphatic heterocycles. The van der Waals surface area contributed by atoms with Crippen LogP contribution in [0.2, 0.25) is 0 Å². The van der Waals surface area contributed by atoms with Crippen LogP contribution in [-0.4, -0.2) is 27.5 Å². The summed E-state index contributed by atoms with van der Waals surface area (Å²) in [5, 5.41) is 2.57. The summed E-state index contributed by atoms with van der Waals surface area (Å²) in [6, 6.07) is 11.2. The predicted molar refractivity (Wildman–Crippen MR) is 96.1 cm³/mol. The van der Waals surface area contributed by atoms with Gasteiger partial charge in [-0.1, -0.05) is 24.3 Å². The van der Waals surface area contributed by atoms with Gasteiger partial charge in [0, 0.05) is 18.7 Å². The number of carbonyl (C=O) groups excluding carboxylic acids is 1. The molecule has 0 saturated carbocycles. The monoisotopic (exact) mass is 396 g/mol. The molecule has 0 unspecified atom stereocenters. The number of alkyl halides is 2. The summed E-state index contributed by atoms with van der Waals surface area (Å²) in [5.74, 6) is -0.434. The van der Waals surface area contributed by atoms with Gasteiger partial charge >= 0.3 is 6.61 Å². The fraction of sp³-hybridized carbons (Fsp3) is 0.167. The Balaban J connectivity index is 2.06. The van der Waals surface area contributed by atoms with Crippen molar-refractivity contribution in [3.63, 3.8) is 0 Å².